The highest BCUT2D eigenvalue weighted by Crippen LogP contribution is 2.46. The Kier molecular flexibility index (Phi) is 2.26. The van der Waals surface area contributed by atoms with Gasteiger partial charge in [-0.05, 0) is 42.1 Å². The molecule has 0 spiro atoms. The Hall–Kier alpha value is -2.39. The lowest BCUT2D eigenvalue weighted by molar-refractivity contribution is 1.30. The van der Waals surface area contributed by atoms with Crippen LogP contribution in [0.5, 0.6) is 0 Å². The van der Waals surface area contributed by atoms with E-state index in [0.717, 1.165) is 32.9 Å². The molecule has 1 aromatic heterocycles. The van der Waals surface area contributed by atoms with Gasteiger partial charge in [-0.25, -0.2) is 9.97 Å². The van der Waals surface area contributed by atoms with E-state index in [4.69, 9.17) is 9.97 Å². The zero-order chi connectivity index (χ0) is 14.8. The summed E-state index contributed by atoms with van der Waals surface area (Å²) in [5.41, 5.74) is 7.36. The molecule has 1 aliphatic carbocycles. The lowest BCUT2D eigenvalue weighted by Crippen LogP contribution is -1.90. The van der Waals surface area contributed by atoms with E-state index < -0.39 is 0 Å². The van der Waals surface area contributed by atoms with E-state index in [1.54, 1.807) is 0 Å². The van der Waals surface area contributed by atoms with Crippen molar-refractivity contribution < 1.29 is 0 Å². The molecule has 104 valence electrons. The Morgan fingerprint density at radius 1 is 0.818 bits per heavy atom. The molecule has 22 heavy (non-hydrogen) atoms. The Bertz CT molecular complexity index is 1100. The minimum Gasteiger partial charge on any atom is -0.244 e. The second-order valence-corrected chi connectivity index (χ2v) is 6.33. The summed E-state index contributed by atoms with van der Waals surface area (Å²) in [6.45, 7) is 2.08. The van der Waals surface area contributed by atoms with Crippen molar-refractivity contribution in [2.24, 2.45) is 0 Å². The first-order valence-electron chi connectivity index (χ1n) is 7.25. The van der Waals surface area contributed by atoms with Crippen LogP contribution in [-0.4, -0.2) is 9.97 Å². The molecule has 0 radical (unpaired) electrons. The topological polar surface area (TPSA) is 25.8 Å². The molecule has 5 rings (SSSR count). The van der Waals surface area contributed by atoms with Gasteiger partial charge in [0, 0.05) is 21.4 Å². The van der Waals surface area contributed by atoms with E-state index in [0.29, 0.717) is 0 Å². The molecule has 1 aliphatic rings. The number of rotatable bonds is 0. The largest absolute Gasteiger partial charge is 0.244 e. The van der Waals surface area contributed by atoms with Gasteiger partial charge in [0.25, 0.3) is 0 Å². The van der Waals surface area contributed by atoms with Gasteiger partial charge in [-0.2, -0.15) is 0 Å². The standard InChI is InChI=1S/C19H12N2S/c1-10-5-6-15-16(7-10)21-19-14-9-12(22)8-11-3-2-4-13(17(11)14)18(19)20-15/h2-9,22H,1H3. The zero-order valence-electron chi connectivity index (χ0n) is 12.0. The summed E-state index contributed by atoms with van der Waals surface area (Å²) in [6, 6.07) is 16.7. The molecule has 2 nitrogen and oxygen atoms in total. The van der Waals surface area contributed by atoms with Gasteiger partial charge in [-0.15, -0.1) is 12.6 Å². The molecule has 0 N–H and O–H groups in total. The molecule has 0 unspecified atom stereocenters. The van der Waals surface area contributed by atoms with Crippen molar-refractivity contribution in [2.45, 2.75) is 11.8 Å². The van der Waals surface area contributed by atoms with Crippen LogP contribution in [0.25, 0.3) is 44.3 Å². The Morgan fingerprint density at radius 3 is 2.55 bits per heavy atom. The molecule has 0 saturated heterocycles. The van der Waals surface area contributed by atoms with Crippen LogP contribution in [0.3, 0.4) is 0 Å². The Labute approximate surface area is 133 Å². The van der Waals surface area contributed by atoms with Crippen molar-refractivity contribution in [2.75, 3.05) is 0 Å². The van der Waals surface area contributed by atoms with Crippen molar-refractivity contribution >= 4 is 34.4 Å². The molecule has 0 aliphatic heterocycles. The molecular weight excluding hydrogens is 288 g/mol. The Balaban J connectivity index is 1.98. The van der Waals surface area contributed by atoms with Gasteiger partial charge < -0.3 is 0 Å². The number of benzene rings is 3. The van der Waals surface area contributed by atoms with Crippen LogP contribution in [0.4, 0.5) is 0 Å². The summed E-state index contributed by atoms with van der Waals surface area (Å²) in [5, 5.41) is 2.43. The van der Waals surface area contributed by atoms with Crippen LogP contribution >= 0.6 is 12.6 Å². The molecule has 3 aromatic carbocycles. The first kappa shape index (κ1) is 12.2. The lowest BCUT2D eigenvalue weighted by atomic mass is 10.0. The van der Waals surface area contributed by atoms with E-state index >= 15 is 0 Å². The SMILES string of the molecule is Cc1ccc2nc3c(nc2c1)-c1cc(S)cc2cccc-3c12. The third-order valence-corrected chi connectivity index (χ3v) is 4.55. The number of aromatic nitrogens is 2. The molecule has 0 amide bonds. The van der Waals surface area contributed by atoms with Crippen molar-refractivity contribution in [1.82, 2.24) is 9.97 Å². The van der Waals surface area contributed by atoms with Gasteiger partial charge in [-0.3, -0.25) is 0 Å². The molecule has 3 heteroatoms. The van der Waals surface area contributed by atoms with Crippen LogP contribution < -0.4 is 0 Å². The van der Waals surface area contributed by atoms with E-state index in [9.17, 15) is 0 Å². The molecular formula is C19H12N2S. The smallest absolute Gasteiger partial charge is 0.0980 e. The first-order valence-corrected chi connectivity index (χ1v) is 7.70. The minimum absolute atomic E-state index is 0.945. The highest BCUT2D eigenvalue weighted by molar-refractivity contribution is 7.80. The molecule has 4 aromatic rings. The Morgan fingerprint density at radius 2 is 1.64 bits per heavy atom. The van der Waals surface area contributed by atoms with Crippen molar-refractivity contribution in [3.63, 3.8) is 0 Å². The normalized spacial score (nSPS) is 12.1. The fourth-order valence-corrected chi connectivity index (χ4v) is 3.60. The van der Waals surface area contributed by atoms with Crippen LogP contribution in [-0.2, 0) is 0 Å². The number of nitrogens with zero attached hydrogens (tertiary/aromatic N) is 2. The predicted octanol–water partition coefficient (Wildman–Crippen LogP) is 5.03. The van der Waals surface area contributed by atoms with Gasteiger partial charge in [0.15, 0.2) is 0 Å². The lowest BCUT2D eigenvalue weighted by Gasteiger charge is -2.04. The maximum absolute atomic E-state index is 4.90. The van der Waals surface area contributed by atoms with Crippen LogP contribution in [0.1, 0.15) is 5.56 Å². The summed E-state index contributed by atoms with van der Waals surface area (Å²) in [4.78, 5) is 10.7. The van der Waals surface area contributed by atoms with E-state index in [1.807, 2.05) is 6.07 Å². The van der Waals surface area contributed by atoms with Crippen LogP contribution in [0.15, 0.2) is 53.4 Å². The van der Waals surface area contributed by atoms with Crippen molar-refractivity contribution in [3.05, 3.63) is 54.1 Å². The maximum atomic E-state index is 4.90. The number of thiol groups is 1. The monoisotopic (exact) mass is 300 g/mol. The summed E-state index contributed by atoms with van der Waals surface area (Å²) < 4.78 is 0. The molecule has 0 atom stereocenters. The van der Waals surface area contributed by atoms with Gasteiger partial charge in [0.05, 0.1) is 22.4 Å². The first-order chi connectivity index (χ1) is 10.7. The van der Waals surface area contributed by atoms with Crippen LogP contribution in [0.2, 0.25) is 0 Å². The predicted molar refractivity (Wildman–Crippen MR) is 93.5 cm³/mol. The molecule has 1 heterocycles. The van der Waals surface area contributed by atoms with Gasteiger partial charge in [0.1, 0.15) is 0 Å². The minimum atomic E-state index is 0.945. The number of fused-ring (bicyclic) bond motifs is 4. The second-order valence-electron chi connectivity index (χ2n) is 5.81. The van der Waals surface area contributed by atoms with Crippen molar-refractivity contribution in [3.8, 4) is 22.5 Å². The average molecular weight is 300 g/mol. The van der Waals surface area contributed by atoms with E-state index in [-0.39, 0.29) is 0 Å². The quantitative estimate of drug-likeness (QED) is 0.406. The van der Waals surface area contributed by atoms with Gasteiger partial charge in [0.2, 0.25) is 0 Å². The fourth-order valence-electron chi connectivity index (χ4n) is 3.34. The van der Waals surface area contributed by atoms with Gasteiger partial charge >= 0.3 is 0 Å². The summed E-state index contributed by atoms with van der Waals surface area (Å²) >= 11 is 4.54. The number of hydrogen-bond donors (Lipinski definition) is 1. The van der Waals surface area contributed by atoms with Crippen LogP contribution in [0, 0.1) is 6.92 Å². The average Bonchev–Trinajstić information content (AvgIpc) is 2.80. The molecule has 0 fully saturated rings. The summed E-state index contributed by atoms with van der Waals surface area (Å²) in [5.74, 6) is 0. The zero-order valence-corrected chi connectivity index (χ0v) is 12.9. The number of hydrogen-bond acceptors (Lipinski definition) is 3. The van der Waals surface area contributed by atoms with Gasteiger partial charge in [-0.1, -0.05) is 24.3 Å². The maximum Gasteiger partial charge on any atom is 0.0980 e. The third kappa shape index (κ3) is 1.52. The highest BCUT2D eigenvalue weighted by Gasteiger charge is 2.24. The molecule has 0 bridgehead atoms. The van der Waals surface area contributed by atoms with E-state index in [1.165, 1.54) is 21.9 Å². The van der Waals surface area contributed by atoms with E-state index in [2.05, 4.69) is 62.0 Å². The summed E-state index contributed by atoms with van der Waals surface area (Å²) in [6.07, 6.45) is 0. The second kappa shape index (κ2) is 4.08. The summed E-state index contributed by atoms with van der Waals surface area (Å²) in [7, 11) is 0. The molecule has 0 saturated carbocycles. The van der Waals surface area contributed by atoms with Crippen molar-refractivity contribution in [1.29, 1.82) is 0 Å². The fraction of sp³-hybridized carbons (Fsp3) is 0.0526. The highest BCUT2D eigenvalue weighted by atomic mass is 32.1. The third-order valence-electron chi connectivity index (χ3n) is 4.29. The number of aryl methyl sites for hydroxylation is 1.